The second-order valence-corrected chi connectivity index (χ2v) is 6.64. The molecule has 2 aliphatic rings. The second kappa shape index (κ2) is 6.01. The number of halogens is 5. The van der Waals surface area contributed by atoms with E-state index in [1.807, 2.05) is 0 Å². The quantitative estimate of drug-likeness (QED) is 0.793. The van der Waals surface area contributed by atoms with Gasteiger partial charge in [-0.05, 0) is 30.7 Å². The highest BCUT2D eigenvalue weighted by Crippen LogP contribution is 2.50. The lowest BCUT2D eigenvalue weighted by Crippen LogP contribution is -2.43. The van der Waals surface area contributed by atoms with E-state index in [0.717, 1.165) is 0 Å². The highest BCUT2D eigenvalue weighted by molar-refractivity contribution is 6.34. The monoisotopic (exact) mass is 376 g/mol. The molecule has 3 nitrogen and oxygen atoms in total. The molecule has 1 aromatic carbocycles. The maximum atomic E-state index is 13.8. The van der Waals surface area contributed by atoms with E-state index < -0.39 is 18.2 Å². The first-order valence-electron chi connectivity index (χ1n) is 7.12. The van der Waals surface area contributed by atoms with Crippen molar-refractivity contribution in [1.29, 1.82) is 0 Å². The first-order chi connectivity index (χ1) is 11.2. The molecule has 0 radical (unpaired) electrons. The average Bonchev–Trinajstić information content (AvgIpc) is 2.92. The van der Waals surface area contributed by atoms with E-state index in [1.54, 1.807) is 18.2 Å². The minimum atomic E-state index is -4.69. The van der Waals surface area contributed by atoms with Crippen molar-refractivity contribution in [2.24, 2.45) is 16.8 Å². The summed E-state index contributed by atoms with van der Waals surface area (Å²) in [5.74, 6) is -0.325. The van der Waals surface area contributed by atoms with Crippen LogP contribution in [-0.2, 0) is 10.4 Å². The van der Waals surface area contributed by atoms with Crippen LogP contribution in [0, 0.1) is 5.92 Å². The minimum Gasteiger partial charge on any atom is -0.402 e. The van der Waals surface area contributed by atoms with Gasteiger partial charge in [0.05, 0.1) is 5.71 Å². The SMILES string of the molecule is NC1=CC=CC(C2=NOC(c3cc(Cl)cc(Cl)c3)(C(F)(F)F)C2)C1. The fourth-order valence-corrected chi connectivity index (χ4v) is 3.37. The number of oxime groups is 1. The highest BCUT2D eigenvalue weighted by atomic mass is 35.5. The molecule has 2 N–H and O–H groups in total. The first-order valence-corrected chi connectivity index (χ1v) is 7.88. The highest BCUT2D eigenvalue weighted by Gasteiger charge is 2.62. The van der Waals surface area contributed by atoms with Gasteiger partial charge in [0.1, 0.15) is 0 Å². The van der Waals surface area contributed by atoms with Crippen molar-refractivity contribution in [2.45, 2.75) is 24.6 Å². The van der Waals surface area contributed by atoms with Crippen LogP contribution in [0.1, 0.15) is 18.4 Å². The summed E-state index contributed by atoms with van der Waals surface area (Å²) < 4.78 is 41.5. The van der Waals surface area contributed by atoms with Crippen molar-refractivity contribution in [3.63, 3.8) is 0 Å². The summed E-state index contributed by atoms with van der Waals surface area (Å²) in [7, 11) is 0. The summed E-state index contributed by atoms with van der Waals surface area (Å²) in [5, 5.41) is 3.93. The maximum Gasteiger partial charge on any atom is 0.435 e. The normalized spacial score (nSPS) is 26.8. The standard InChI is InChI=1S/C16H13Cl2F3N2O/c17-11-5-10(6-12(18)7-11)15(16(19,20)21)8-14(23-24-15)9-2-1-3-13(22)4-9/h1-3,5-7,9H,4,8,22H2. The molecule has 1 aliphatic heterocycles. The topological polar surface area (TPSA) is 47.6 Å². The van der Waals surface area contributed by atoms with E-state index in [0.29, 0.717) is 12.1 Å². The molecule has 0 bridgehead atoms. The molecule has 0 saturated carbocycles. The third-order valence-corrected chi connectivity index (χ3v) is 4.51. The van der Waals surface area contributed by atoms with Gasteiger partial charge < -0.3 is 10.6 Å². The Bertz CT molecular complexity index is 738. The molecule has 0 saturated heterocycles. The Balaban J connectivity index is 1.96. The summed E-state index contributed by atoms with van der Waals surface area (Å²) in [5.41, 5.74) is 3.86. The molecule has 0 aromatic heterocycles. The average molecular weight is 377 g/mol. The number of hydrogen-bond donors (Lipinski definition) is 1. The van der Waals surface area contributed by atoms with E-state index in [1.165, 1.54) is 18.2 Å². The van der Waals surface area contributed by atoms with Crippen molar-refractivity contribution < 1.29 is 18.0 Å². The van der Waals surface area contributed by atoms with Crippen LogP contribution in [0.25, 0.3) is 0 Å². The molecule has 2 unspecified atom stereocenters. The second-order valence-electron chi connectivity index (χ2n) is 5.77. The van der Waals surface area contributed by atoms with E-state index in [9.17, 15) is 13.2 Å². The van der Waals surface area contributed by atoms with Gasteiger partial charge in [0.2, 0.25) is 0 Å². The van der Waals surface area contributed by atoms with Gasteiger partial charge in [0.15, 0.2) is 0 Å². The molecule has 2 atom stereocenters. The molecule has 128 valence electrons. The Morgan fingerprint density at radius 1 is 1.21 bits per heavy atom. The Morgan fingerprint density at radius 3 is 2.46 bits per heavy atom. The fraction of sp³-hybridized carbons (Fsp3) is 0.312. The molecular formula is C16H13Cl2F3N2O. The molecule has 8 heteroatoms. The van der Waals surface area contributed by atoms with Gasteiger partial charge in [-0.25, -0.2) is 0 Å². The van der Waals surface area contributed by atoms with E-state index >= 15 is 0 Å². The number of rotatable bonds is 2. The van der Waals surface area contributed by atoms with Crippen LogP contribution >= 0.6 is 23.2 Å². The van der Waals surface area contributed by atoms with Crippen LogP contribution in [0.3, 0.4) is 0 Å². The Morgan fingerprint density at radius 2 is 1.88 bits per heavy atom. The van der Waals surface area contributed by atoms with Gasteiger partial charge in [-0.1, -0.05) is 40.5 Å². The largest absolute Gasteiger partial charge is 0.435 e. The number of nitrogens with zero attached hydrogens (tertiary/aromatic N) is 1. The van der Waals surface area contributed by atoms with Crippen molar-refractivity contribution in [1.82, 2.24) is 0 Å². The van der Waals surface area contributed by atoms with E-state index in [-0.39, 0.29) is 27.2 Å². The Kier molecular flexibility index (Phi) is 4.30. The third-order valence-electron chi connectivity index (χ3n) is 4.07. The molecule has 1 aliphatic carbocycles. The number of nitrogens with two attached hydrogens (primary N) is 1. The molecule has 24 heavy (non-hydrogen) atoms. The third kappa shape index (κ3) is 3.00. The van der Waals surface area contributed by atoms with E-state index in [2.05, 4.69) is 5.16 Å². The summed E-state index contributed by atoms with van der Waals surface area (Å²) in [4.78, 5) is 4.95. The lowest BCUT2D eigenvalue weighted by Gasteiger charge is -2.30. The molecule has 1 heterocycles. The van der Waals surface area contributed by atoms with E-state index in [4.69, 9.17) is 33.8 Å². The molecule has 0 fully saturated rings. The Labute approximate surface area is 146 Å². The van der Waals surface area contributed by atoms with Crippen LogP contribution in [0.2, 0.25) is 10.0 Å². The number of benzene rings is 1. The Hall–Kier alpha value is -1.66. The van der Waals surface area contributed by atoms with Gasteiger partial charge in [-0.3, -0.25) is 0 Å². The zero-order valence-electron chi connectivity index (χ0n) is 12.3. The zero-order chi connectivity index (χ0) is 17.5. The predicted molar refractivity (Wildman–Crippen MR) is 86.8 cm³/mol. The van der Waals surface area contributed by atoms with Crippen molar-refractivity contribution >= 4 is 28.9 Å². The molecule has 0 amide bonds. The van der Waals surface area contributed by atoms with Crippen molar-refractivity contribution in [3.05, 3.63) is 57.7 Å². The van der Waals surface area contributed by atoms with Gasteiger partial charge in [0.25, 0.3) is 5.60 Å². The zero-order valence-corrected chi connectivity index (χ0v) is 13.8. The van der Waals surface area contributed by atoms with Gasteiger partial charge in [-0.15, -0.1) is 0 Å². The van der Waals surface area contributed by atoms with Crippen LogP contribution in [0.4, 0.5) is 13.2 Å². The summed E-state index contributed by atoms with van der Waals surface area (Å²) in [6, 6.07) is 3.76. The lowest BCUT2D eigenvalue weighted by molar-refractivity contribution is -0.275. The number of allylic oxidation sites excluding steroid dienone is 4. The van der Waals surface area contributed by atoms with Gasteiger partial charge >= 0.3 is 6.18 Å². The minimum absolute atomic E-state index is 0.0999. The van der Waals surface area contributed by atoms with Crippen LogP contribution in [-0.4, -0.2) is 11.9 Å². The summed E-state index contributed by atoms with van der Waals surface area (Å²) in [6.07, 6.45) is 0.455. The smallest absolute Gasteiger partial charge is 0.402 e. The van der Waals surface area contributed by atoms with Crippen molar-refractivity contribution in [2.75, 3.05) is 0 Å². The predicted octanol–water partition coefficient (Wildman–Crippen LogP) is 4.95. The van der Waals surface area contributed by atoms with Gasteiger partial charge in [0, 0.05) is 33.6 Å². The van der Waals surface area contributed by atoms with Gasteiger partial charge in [-0.2, -0.15) is 13.2 Å². The van der Waals surface area contributed by atoms with Crippen LogP contribution < -0.4 is 5.73 Å². The molecule has 0 spiro atoms. The molecule has 3 rings (SSSR count). The summed E-state index contributed by atoms with van der Waals surface area (Å²) in [6.45, 7) is 0. The van der Waals surface area contributed by atoms with Crippen molar-refractivity contribution in [3.8, 4) is 0 Å². The maximum absolute atomic E-state index is 13.8. The number of alkyl halides is 3. The number of hydrogen-bond acceptors (Lipinski definition) is 3. The molecular weight excluding hydrogens is 364 g/mol. The molecule has 1 aromatic rings. The first kappa shape index (κ1) is 17.2. The van der Waals surface area contributed by atoms with Crippen LogP contribution in [0.5, 0.6) is 0 Å². The van der Waals surface area contributed by atoms with Crippen LogP contribution in [0.15, 0.2) is 47.3 Å². The summed E-state index contributed by atoms with van der Waals surface area (Å²) >= 11 is 11.7. The lowest BCUT2D eigenvalue weighted by atomic mass is 9.83. The fourth-order valence-electron chi connectivity index (χ4n) is 2.84.